The predicted molar refractivity (Wildman–Crippen MR) is 132 cm³/mol. The van der Waals surface area contributed by atoms with E-state index in [1.165, 1.54) is 11.1 Å². The quantitative estimate of drug-likeness (QED) is 0.372. The number of thiophene rings is 1. The van der Waals surface area contributed by atoms with Crippen molar-refractivity contribution in [3.8, 4) is 10.7 Å². The summed E-state index contributed by atoms with van der Waals surface area (Å²) < 4.78 is 5.78. The standard InChI is InChI=1S/C25H22N4OS2/c1-16-10-12-18(13-11-16)15-29-17(2)21(22(26-25(29)31)19-7-4-3-5-8-19)24-27-23(28-30-24)20-9-6-14-32-20/h3-14,22H,15H2,1-2H3,(H,26,31). The largest absolute Gasteiger partial charge is 0.351 e. The number of thiocarbonyl (C=S) groups is 1. The van der Waals surface area contributed by atoms with Gasteiger partial charge in [0.05, 0.1) is 16.5 Å². The third-order valence-electron chi connectivity index (χ3n) is 5.59. The van der Waals surface area contributed by atoms with Crippen LogP contribution in [0.3, 0.4) is 0 Å². The van der Waals surface area contributed by atoms with Gasteiger partial charge in [0.15, 0.2) is 5.11 Å². The fourth-order valence-electron chi connectivity index (χ4n) is 3.86. The molecule has 2 aromatic heterocycles. The SMILES string of the molecule is CC1=C(c2nc(-c3cccs3)no2)C(c2ccccc2)NC(=S)N1Cc1ccc(C)cc1. The normalized spacial score (nSPS) is 16.4. The van der Waals surface area contributed by atoms with Gasteiger partial charge in [-0.1, -0.05) is 71.4 Å². The molecule has 0 saturated heterocycles. The molecule has 2 aromatic carbocycles. The van der Waals surface area contributed by atoms with Crippen molar-refractivity contribution in [1.29, 1.82) is 0 Å². The van der Waals surface area contributed by atoms with Crippen LogP contribution in [0.4, 0.5) is 0 Å². The van der Waals surface area contributed by atoms with Gasteiger partial charge >= 0.3 is 0 Å². The maximum absolute atomic E-state index is 5.79. The lowest BCUT2D eigenvalue weighted by molar-refractivity contribution is 0.396. The van der Waals surface area contributed by atoms with E-state index in [4.69, 9.17) is 21.7 Å². The molecule has 0 fully saturated rings. The first-order valence-electron chi connectivity index (χ1n) is 10.4. The number of rotatable bonds is 5. The lowest BCUT2D eigenvalue weighted by atomic mass is 9.94. The molecule has 1 aliphatic rings. The van der Waals surface area contributed by atoms with Crippen molar-refractivity contribution in [1.82, 2.24) is 20.4 Å². The first-order valence-corrected chi connectivity index (χ1v) is 11.7. The molecule has 0 bridgehead atoms. The van der Waals surface area contributed by atoms with Gasteiger partial charge in [-0.05, 0) is 48.6 Å². The van der Waals surface area contributed by atoms with Gasteiger partial charge in [-0.3, -0.25) is 0 Å². The van der Waals surface area contributed by atoms with Crippen LogP contribution in [0.15, 0.2) is 82.3 Å². The maximum atomic E-state index is 5.79. The molecule has 0 amide bonds. The van der Waals surface area contributed by atoms with Crippen molar-refractivity contribution < 1.29 is 4.52 Å². The zero-order valence-electron chi connectivity index (χ0n) is 17.8. The van der Waals surface area contributed by atoms with E-state index in [-0.39, 0.29) is 6.04 Å². The minimum Gasteiger partial charge on any atom is -0.351 e. The Morgan fingerprint density at radius 3 is 2.53 bits per heavy atom. The summed E-state index contributed by atoms with van der Waals surface area (Å²) in [6.45, 7) is 4.82. The zero-order chi connectivity index (χ0) is 22.1. The van der Waals surface area contributed by atoms with Gasteiger partial charge in [0.2, 0.25) is 5.82 Å². The van der Waals surface area contributed by atoms with Crippen LogP contribution in [0, 0.1) is 6.92 Å². The van der Waals surface area contributed by atoms with Crippen molar-refractivity contribution in [3.63, 3.8) is 0 Å². The van der Waals surface area contributed by atoms with Crippen LogP contribution in [0.5, 0.6) is 0 Å². The average Bonchev–Trinajstić information content (AvgIpc) is 3.50. The molecule has 0 radical (unpaired) electrons. The minimum atomic E-state index is -0.172. The van der Waals surface area contributed by atoms with E-state index in [2.05, 4.69) is 65.6 Å². The zero-order valence-corrected chi connectivity index (χ0v) is 19.4. The molecule has 1 unspecified atom stereocenters. The van der Waals surface area contributed by atoms with Gasteiger partial charge in [-0.2, -0.15) is 4.98 Å². The molecule has 0 saturated carbocycles. The van der Waals surface area contributed by atoms with E-state index < -0.39 is 0 Å². The van der Waals surface area contributed by atoms with Crippen molar-refractivity contribution in [2.45, 2.75) is 26.4 Å². The molecule has 32 heavy (non-hydrogen) atoms. The highest BCUT2D eigenvalue weighted by atomic mass is 32.1. The summed E-state index contributed by atoms with van der Waals surface area (Å²) in [6, 6.07) is 22.5. The Bertz CT molecular complexity index is 1260. The number of nitrogens with one attached hydrogen (secondary N) is 1. The number of aryl methyl sites for hydroxylation is 1. The summed E-state index contributed by atoms with van der Waals surface area (Å²) in [5.41, 5.74) is 5.45. The fraction of sp³-hybridized carbons (Fsp3) is 0.160. The van der Waals surface area contributed by atoms with Crippen LogP contribution in [-0.4, -0.2) is 20.2 Å². The number of benzene rings is 2. The highest BCUT2D eigenvalue weighted by Crippen LogP contribution is 2.38. The van der Waals surface area contributed by atoms with Crippen LogP contribution in [0.25, 0.3) is 16.3 Å². The summed E-state index contributed by atoms with van der Waals surface area (Å²) in [5, 5.41) is 10.4. The van der Waals surface area contributed by atoms with Crippen LogP contribution < -0.4 is 5.32 Å². The van der Waals surface area contributed by atoms with Crippen molar-refractivity contribution in [2.75, 3.05) is 0 Å². The summed E-state index contributed by atoms with van der Waals surface area (Å²) >= 11 is 7.38. The topological polar surface area (TPSA) is 54.2 Å². The second-order valence-corrected chi connectivity index (χ2v) is 9.10. The lowest BCUT2D eigenvalue weighted by Crippen LogP contribution is -2.45. The molecule has 160 valence electrons. The average molecular weight is 459 g/mol. The van der Waals surface area contributed by atoms with E-state index in [1.54, 1.807) is 11.3 Å². The summed E-state index contributed by atoms with van der Waals surface area (Å²) in [7, 11) is 0. The van der Waals surface area contributed by atoms with E-state index in [1.807, 2.05) is 35.7 Å². The Labute approximate surface area is 196 Å². The van der Waals surface area contributed by atoms with Gasteiger partial charge in [-0.15, -0.1) is 11.3 Å². The monoisotopic (exact) mass is 458 g/mol. The van der Waals surface area contributed by atoms with Gasteiger partial charge in [0, 0.05) is 12.2 Å². The third-order valence-corrected chi connectivity index (χ3v) is 6.79. The Hall–Kier alpha value is -3.29. The molecule has 5 rings (SSSR count). The summed E-state index contributed by atoms with van der Waals surface area (Å²) in [4.78, 5) is 7.82. The van der Waals surface area contributed by atoms with Crippen LogP contribution in [0.2, 0.25) is 0 Å². The third kappa shape index (κ3) is 3.97. The first-order chi connectivity index (χ1) is 15.6. The molecule has 1 N–H and O–H groups in total. The number of nitrogens with zero attached hydrogens (tertiary/aromatic N) is 3. The predicted octanol–water partition coefficient (Wildman–Crippen LogP) is 5.97. The van der Waals surface area contributed by atoms with Gasteiger partial charge < -0.3 is 14.7 Å². The molecule has 1 atom stereocenters. The molecular weight excluding hydrogens is 436 g/mol. The minimum absolute atomic E-state index is 0.172. The Morgan fingerprint density at radius 2 is 1.81 bits per heavy atom. The van der Waals surface area contributed by atoms with E-state index in [0.29, 0.717) is 23.4 Å². The van der Waals surface area contributed by atoms with Crippen LogP contribution >= 0.6 is 23.6 Å². The van der Waals surface area contributed by atoms with Gasteiger partial charge in [0.1, 0.15) is 0 Å². The molecule has 0 aliphatic carbocycles. The molecule has 3 heterocycles. The summed E-state index contributed by atoms with van der Waals surface area (Å²) in [6.07, 6.45) is 0. The highest BCUT2D eigenvalue weighted by Gasteiger charge is 2.34. The number of aromatic nitrogens is 2. The van der Waals surface area contributed by atoms with Gasteiger partial charge in [0.25, 0.3) is 5.89 Å². The van der Waals surface area contributed by atoms with Gasteiger partial charge in [-0.25, -0.2) is 0 Å². The first kappa shape index (κ1) is 20.6. The van der Waals surface area contributed by atoms with Crippen molar-refractivity contribution in [2.24, 2.45) is 0 Å². The number of allylic oxidation sites excluding steroid dienone is 1. The smallest absolute Gasteiger partial charge is 0.258 e. The Balaban J connectivity index is 1.59. The van der Waals surface area contributed by atoms with Crippen LogP contribution in [-0.2, 0) is 6.54 Å². The fourth-order valence-corrected chi connectivity index (χ4v) is 4.83. The van der Waals surface area contributed by atoms with Crippen molar-refractivity contribution in [3.05, 3.63) is 100 Å². The van der Waals surface area contributed by atoms with E-state index >= 15 is 0 Å². The van der Waals surface area contributed by atoms with Crippen LogP contribution in [0.1, 0.15) is 35.5 Å². The van der Waals surface area contributed by atoms with E-state index in [9.17, 15) is 0 Å². The summed E-state index contributed by atoms with van der Waals surface area (Å²) in [5.74, 6) is 1.10. The Kier molecular flexibility index (Phi) is 5.59. The highest BCUT2D eigenvalue weighted by molar-refractivity contribution is 7.80. The molecule has 5 nitrogen and oxygen atoms in total. The second-order valence-electron chi connectivity index (χ2n) is 7.76. The molecule has 4 aromatic rings. The number of hydrogen-bond donors (Lipinski definition) is 1. The Morgan fingerprint density at radius 1 is 1.03 bits per heavy atom. The number of hydrogen-bond acceptors (Lipinski definition) is 5. The lowest BCUT2D eigenvalue weighted by Gasteiger charge is -2.37. The van der Waals surface area contributed by atoms with E-state index in [0.717, 1.165) is 21.7 Å². The second kappa shape index (κ2) is 8.68. The molecule has 1 aliphatic heterocycles. The maximum Gasteiger partial charge on any atom is 0.258 e. The molecular formula is C25H22N4OS2. The van der Waals surface area contributed by atoms with Crippen molar-refractivity contribution >= 4 is 34.2 Å². The molecule has 0 spiro atoms. The molecule has 7 heteroatoms.